The van der Waals surface area contributed by atoms with Crippen molar-refractivity contribution in [3.63, 3.8) is 0 Å². The lowest BCUT2D eigenvalue weighted by molar-refractivity contribution is 0.0496. The van der Waals surface area contributed by atoms with Gasteiger partial charge in [0.05, 0.1) is 6.61 Å². The average Bonchev–Trinajstić information content (AvgIpc) is 1.97. The Morgan fingerprint density at radius 3 is 2.55 bits per heavy atom. The molecule has 0 aliphatic carbocycles. The summed E-state index contributed by atoms with van der Waals surface area (Å²) in [7, 11) is 0. The highest BCUT2D eigenvalue weighted by Crippen LogP contribution is 1.94. The molecule has 0 aliphatic heterocycles. The average molecular weight is 161 g/mol. The maximum Gasteiger partial charge on any atom is 0.508 e. The maximum atomic E-state index is 10.6. The Bertz CT molecular complexity index is 114. The molecule has 0 rings (SSSR count). The topological polar surface area (TPSA) is 61.5 Å². The van der Waals surface area contributed by atoms with Crippen LogP contribution in [0.2, 0.25) is 0 Å². The molecule has 0 amide bonds. The van der Waals surface area contributed by atoms with Gasteiger partial charge >= 0.3 is 6.16 Å². The third kappa shape index (κ3) is 7.12. The molecule has 0 unspecified atom stereocenters. The summed E-state index contributed by atoms with van der Waals surface area (Å²) in [5, 5.41) is 0. The predicted octanol–water partition coefficient (Wildman–Crippen LogP) is 0.754. The van der Waals surface area contributed by atoms with Crippen LogP contribution in [0.15, 0.2) is 0 Å². The second-order valence-corrected chi connectivity index (χ2v) is 2.59. The SMILES string of the molecule is CC(C)COC(=O)OCCN. The molecule has 0 aromatic heterocycles. The fraction of sp³-hybridized carbons (Fsp3) is 0.857. The van der Waals surface area contributed by atoms with Gasteiger partial charge in [0.25, 0.3) is 0 Å². The van der Waals surface area contributed by atoms with E-state index in [0.29, 0.717) is 19.1 Å². The fourth-order valence-electron chi connectivity index (χ4n) is 0.419. The molecule has 11 heavy (non-hydrogen) atoms. The summed E-state index contributed by atoms with van der Waals surface area (Å²) >= 11 is 0. The molecule has 0 fully saturated rings. The van der Waals surface area contributed by atoms with E-state index in [2.05, 4.69) is 9.47 Å². The van der Waals surface area contributed by atoms with Crippen LogP contribution < -0.4 is 5.73 Å². The normalized spacial score (nSPS) is 9.82. The summed E-state index contributed by atoms with van der Waals surface area (Å²) < 4.78 is 9.24. The van der Waals surface area contributed by atoms with E-state index < -0.39 is 6.16 Å². The Labute approximate surface area is 66.7 Å². The minimum Gasteiger partial charge on any atom is -0.434 e. The first-order chi connectivity index (χ1) is 5.16. The first-order valence-electron chi connectivity index (χ1n) is 3.66. The number of carbonyl (C=O) groups is 1. The van der Waals surface area contributed by atoms with E-state index in [1.807, 2.05) is 13.8 Å². The summed E-state index contributed by atoms with van der Waals surface area (Å²) in [6.45, 7) is 4.85. The van der Waals surface area contributed by atoms with Crippen LogP contribution in [0, 0.1) is 5.92 Å². The summed E-state index contributed by atoms with van der Waals surface area (Å²) in [6, 6.07) is 0. The van der Waals surface area contributed by atoms with Crippen LogP contribution in [0.1, 0.15) is 13.8 Å². The zero-order chi connectivity index (χ0) is 8.69. The minimum atomic E-state index is -0.635. The molecule has 0 aliphatic rings. The number of hydrogen-bond donors (Lipinski definition) is 1. The van der Waals surface area contributed by atoms with E-state index in [4.69, 9.17) is 5.73 Å². The van der Waals surface area contributed by atoms with Gasteiger partial charge in [-0.05, 0) is 5.92 Å². The third-order valence-electron chi connectivity index (χ3n) is 0.872. The van der Waals surface area contributed by atoms with Crippen LogP contribution in [0.5, 0.6) is 0 Å². The molecule has 0 atom stereocenters. The van der Waals surface area contributed by atoms with Crippen LogP contribution in [-0.2, 0) is 9.47 Å². The van der Waals surface area contributed by atoms with Gasteiger partial charge in [0, 0.05) is 6.54 Å². The van der Waals surface area contributed by atoms with Gasteiger partial charge in [0.15, 0.2) is 0 Å². The lowest BCUT2D eigenvalue weighted by Crippen LogP contribution is -2.16. The predicted molar refractivity (Wildman–Crippen MR) is 41.2 cm³/mol. The van der Waals surface area contributed by atoms with Gasteiger partial charge in [-0.3, -0.25) is 0 Å². The van der Waals surface area contributed by atoms with E-state index in [9.17, 15) is 4.79 Å². The number of nitrogens with two attached hydrogens (primary N) is 1. The Balaban J connectivity index is 3.23. The number of rotatable bonds is 4. The van der Waals surface area contributed by atoms with Crippen molar-refractivity contribution in [3.8, 4) is 0 Å². The highest BCUT2D eigenvalue weighted by Gasteiger charge is 2.03. The molecule has 66 valence electrons. The molecule has 0 aromatic carbocycles. The molecule has 4 heteroatoms. The van der Waals surface area contributed by atoms with Crippen LogP contribution in [-0.4, -0.2) is 25.9 Å². The largest absolute Gasteiger partial charge is 0.508 e. The minimum absolute atomic E-state index is 0.219. The van der Waals surface area contributed by atoms with E-state index in [1.54, 1.807) is 0 Å². The van der Waals surface area contributed by atoms with E-state index in [-0.39, 0.29) is 6.61 Å². The highest BCUT2D eigenvalue weighted by atomic mass is 16.7. The zero-order valence-electron chi connectivity index (χ0n) is 7.00. The summed E-state index contributed by atoms with van der Waals surface area (Å²) in [5.74, 6) is 0.334. The van der Waals surface area contributed by atoms with Gasteiger partial charge in [-0.25, -0.2) is 4.79 Å². The molecular formula is C7H15NO3. The van der Waals surface area contributed by atoms with Gasteiger partial charge < -0.3 is 15.2 Å². The Morgan fingerprint density at radius 1 is 1.45 bits per heavy atom. The quantitative estimate of drug-likeness (QED) is 0.618. The second-order valence-electron chi connectivity index (χ2n) is 2.59. The molecule has 0 saturated carbocycles. The van der Waals surface area contributed by atoms with Crippen molar-refractivity contribution in [3.05, 3.63) is 0 Å². The van der Waals surface area contributed by atoms with Crippen LogP contribution >= 0.6 is 0 Å². The van der Waals surface area contributed by atoms with Crippen LogP contribution in [0.25, 0.3) is 0 Å². The molecule has 0 saturated heterocycles. The van der Waals surface area contributed by atoms with Gasteiger partial charge in [-0.1, -0.05) is 13.8 Å². The van der Waals surface area contributed by atoms with Gasteiger partial charge in [0.2, 0.25) is 0 Å². The lowest BCUT2D eigenvalue weighted by atomic mass is 10.2. The maximum absolute atomic E-state index is 10.6. The second kappa shape index (κ2) is 5.97. The lowest BCUT2D eigenvalue weighted by Gasteiger charge is -2.06. The smallest absolute Gasteiger partial charge is 0.434 e. The number of ether oxygens (including phenoxy) is 2. The Hall–Kier alpha value is -0.770. The number of carbonyl (C=O) groups excluding carboxylic acids is 1. The molecule has 2 N–H and O–H groups in total. The highest BCUT2D eigenvalue weighted by molar-refractivity contribution is 5.59. The van der Waals surface area contributed by atoms with Crippen molar-refractivity contribution in [2.45, 2.75) is 13.8 Å². The van der Waals surface area contributed by atoms with E-state index >= 15 is 0 Å². The van der Waals surface area contributed by atoms with Crippen molar-refractivity contribution in [1.82, 2.24) is 0 Å². The molecule has 0 spiro atoms. The molecule has 0 heterocycles. The first kappa shape index (κ1) is 10.2. The standard InChI is InChI=1S/C7H15NO3/c1-6(2)5-11-7(9)10-4-3-8/h6H,3-5,8H2,1-2H3. The van der Waals surface area contributed by atoms with Crippen molar-refractivity contribution in [1.29, 1.82) is 0 Å². The van der Waals surface area contributed by atoms with Crippen molar-refractivity contribution < 1.29 is 14.3 Å². The Kier molecular flexibility index (Phi) is 5.56. The van der Waals surface area contributed by atoms with Gasteiger partial charge in [-0.15, -0.1) is 0 Å². The molecule has 0 bridgehead atoms. The third-order valence-corrected chi connectivity index (χ3v) is 0.872. The molecule has 4 nitrogen and oxygen atoms in total. The number of hydrogen-bond acceptors (Lipinski definition) is 4. The molecule has 0 aromatic rings. The first-order valence-corrected chi connectivity index (χ1v) is 3.66. The summed E-state index contributed by atoms with van der Waals surface area (Å²) in [4.78, 5) is 10.6. The van der Waals surface area contributed by atoms with Crippen LogP contribution in [0.3, 0.4) is 0 Å². The summed E-state index contributed by atoms with van der Waals surface area (Å²) in [5.41, 5.74) is 5.10. The fourth-order valence-corrected chi connectivity index (χ4v) is 0.419. The Morgan fingerprint density at radius 2 is 2.09 bits per heavy atom. The molecular weight excluding hydrogens is 146 g/mol. The molecule has 0 radical (unpaired) electrons. The van der Waals surface area contributed by atoms with Crippen molar-refractivity contribution in [2.24, 2.45) is 11.7 Å². The summed E-state index contributed by atoms with van der Waals surface area (Å²) in [6.07, 6.45) is -0.635. The zero-order valence-corrected chi connectivity index (χ0v) is 7.00. The monoisotopic (exact) mass is 161 g/mol. The van der Waals surface area contributed by atoms with Crippen molar-refractivity contribution in [2.75, 3.05) is 19.8 Å². The van der Waals surface area contributed by atoms with E-state index in [0.717, 1.165) is 0 Å². The van der Waals surface area contributed by atoms with Crippen LogP contribution in [0.4, 0.5) is 4.79 Å². The van der Waals surface area contributed by atoms with Gasteiger partial charge in [-0.2, -0.15) is 0 Å². The van der Waals surface area contributed by atoms with E-state index in [1.165, 1.54) is 0 Å². The van der Waals surface area contributed by atoms with Gasteiger partial charge in [0.1, 0.15) is 6.61 Å². The van der Waals surface area contributed by atoms with Crippen molar-refractivity contribution >= 4 is 6.16 Å².